The highest BCUT2D eigenvalue weighted by molar-refractivity contribution is 14.1. The molecule has 1 heterocycles. The highest BCUT2D eigenvalue weighted by Crippen LogP contribution is 2.21. The predicted molar refractivity (Wildman–Crippen MR) is 80.1 cm³/mol. The number of benzene rings is 1. The Labute approximate surface area is 126 Å². The van der Waals surface area contributed by atoms with Crippen molar-refractivity contribution < 1.29 is 9.53 Å². The van der Waals surface area contributed by atoms with Crippen LogP contribution in [-0.2, 0) is 4.74 Å². The summed E-state index contributed by atoms with van der Waals surface area (Å²) in [4.78, 5) is 14.2. The minimum atomic E-state index is 0.0234. The standard InChI is InChI=1S/C13H15ClINO2/c1-8-6-16(7-9(2)18-8)13(17)10-3-4-12(15)11(14)5-10/h3-5,8-9H,6-7H2,1-2H3/t8-,9+. The maximum atomic E-state index is 12.4. The van der Waals surface area contributed by atoms with E-state index in [1.165, 1.54) is 0 Å². The Kier molecular flexibility index (Phi) is 4.50. The molecule has 0 radical (unpaired) electrons. The molecule has 0 saturated carbocycles. The van der Waals surface area contributed by atoms with Gasteiger partial charge in [-0.05, 0) is 54.6 Å². The van der Waals surface area contributed by atoms with Crippen LogP contribution in [0.1, 0.15) is 24.2 Å². The van der Waals surface area contributed by atoms with Crippen LogP contribution in [0.15, 0.2) is 18.2 Å². The van der Waals surface area contributed by atoms with Crippen LogP contribution in [0.4, 0.5) is 0 Å². The molecule has 5 heteroatoms. The number of ether oxygens (including phenoxy) is 1. The van der Waals surface area contributed by atoms with Crippen molar-refractivity contribution in [1.29, 1.82) is 0 Å². The number of hydrogen-bond donors (Lipinski definition) is 0. The molecule has 1 aromatic carbocycles. The van der Waals surface area contributed by atoms with Gasteiger partial charge in [-0.15, -0.1) is 0 Å². The Morgan fingerprint density at radius 2 is 2.00 bits per heavy atom. The minimum absolute atomic E-state index is 0.0234. The molecule has 3 nitrogen and oxygen atoms in total. The fraction of sp³-hybridized carbons (Fsp3) is 0.462. The summed E-state index contributed by atoms with van der Waals surface area (Å²) < 4.78 is 6.58. The third kappa shape index (κ3) is 3.16. The van der Waals surface area contributed by atoms with Gasteiger partial charge in [-0.25, -0.2) is 0 Å². The summed E-state index contributed by atoms with van der Waals surface area (Å²) in [7, 11) is 0. The molecule has 18 heavy (non-hydrogen) atoms. The number of carbonyl (C=O) groups excluding carboxylic acids is 1. The number of nitrogens with zero attached hydrogens (tertiary/aromatic N) is 1. The number of halogens is 2. The molecule has 0 aromatic heterocycles. The Balaban J connectivity index is 2.17. The highest BCUT2D eigenvalue weighted by atomic mass is 127. The van der Waals surface area contributed by atoms with Gasteiger partial charge >= 0.3 is 0 Å². The number of hydrogen-bond acceptors (Lipinski definition) is 2. The highest BCUT2D eigenvalue weighted by Gasteiger charge is 2.26. The second kappa shape index (κ2) is 5.75. The number of rotatable bonds is 1. The first-order valence-corrected chi connectivity index (χ1v) is 7.33. The second-order valence-corrected chi connectivity index (χ2v) is 6.17. The number of morpholine rings is 1. The van der Waals surface area contributed by atoms with Crippen LogP contribution in [-0.4, -0.2) is 36.1 Å². The molecule has 2 atom stereocenters. The van der Waals surface area contributed by atoms with E-state index in [9.17, 15) is 4.79 Å². The summed E-state index contributed by atoms with van der Waals surface area (Å²) >= 11 is 8.20. The Hall–Kier alpha value is -0.330. The van der Waals surface area contributed by atoms with E-state index in [0.717, 1.165) is 3.57 Å². The molecule has 0 aliphatic carbocycles. The van der Waals surface area contributed by atoms with Crippen molar-refractivity contribution in [2.75, 3.05) is 13.1 Å². The average molecular weight is 380 g/mol. The number of carbonyl (C=O) groups is 1. The SMILES string of the molecule is C[C@@H]1CN(C(=O)c2ccc(I)c(Cl)c2)C[C@H](C)O1. The van der Waals surface area contributed by atoms with Crippen LogP contribution in [0, 0.1) is 3.57 Å². The predicted octanol–water partition coefficient (Wildman–Crippen LogP) is 3.19. The topological polar surface area (TPSA) is 29.5 Å². The molecule has 0 spiro atoms. The normalized spacial score (nSPS) is 24.1. The van der Waals surface area contributed by atoms with Crippen molar-refractivity contribution in [3.05, 3.63) is 32.4 Å². The second-order valence-electron chi connectivity index (χ2n) is 4.60. The minimum Gasteiger partial charge on any atom is -0.372 e. The lowest BCUT2D eigenvalue weighted by atomic mass is 10.1. The Morgan fingerprint density at radius 1 is 1.39 bits per heavy atom. The van der Waals surface area contributed by atoms with Gasteiger partial charge in [0.05, 0.1) is 17.2 Å². The maximum Gasteiger partial charge on any atom is 0.254 e. The largest absolute Gasteiger partial charge is 0.372 e. The summed E-state index contributed by atoms with van der Waals surface area (Å²) in [5, 5.41) is 0.621. The van der Waals surface area contributed by atoms with E-state index in [4.69, 9.17) is 16.3 Å². The molecule has 0 unspecified atom stereocenters. The molecule has 0 bridgehead atoms. The van der Waals surface area contributed by atoms with Gasteiger partial charge < -0.3 is 9.64 Å². The first kappa shape index (κ1) is 14.1. The van der Waals surface area contributed by atoms with Gasteiger partial charge in [-0.2, -0.15) is 0 Å². The molecule has 1 aliphatic heterocycles. The van der Waals surface area contributed by atoms with E-state index in [1.54, 1.807) is 6.07 Å². The fourth-order valence-corrected chi connectivity index (χ4v) is 2.67. The van der Waals surface area contributed by atoms with E-state index in [1.807, 2.05) is 30.9 Å². The molecular formula is C13H15ClINO2. The van der Waals surface area contributed by atoms with Gasteiger partial charge in [-0.1, -0.05) is 11.6 Å². The molecule has 1 saturated heterocycles. The zero-order valence-corrected chi connectivity index (χ0v) is 13.2. The third-order valence-electron chi connectivity index (χ3n) is 2.87. The monoisotopic (exact) mass is 379 g/mol. The van der Waals surface area contributed by atoms with E-state index < -0.39 is 0 Å². The van der Waals surface area contributed by atoms with Gasteiger partial charge in [-0.3, -0.25) is 4.79 Å². The summed E-state index contributed by atoms with van der Waals surface area (Å²) in [5.74, 6) is 0.0234. The molecule has 1 aliphatic rings. The van der Waals surface area contributed by atoms with Gasteiger partial charge in [0.15, 0.2) is 0 Å². The smallest absolute Gasteiger partial charge is 0.254 e. The van der Waals surface area contributed by atoms with Crippen LogP contribution < -0.4 is 0 Å². The van der Waals surface area contributed by atoms with E-state index in [0.29, 0.717) is 23.7 Å². The van der Waals surface area contributed by atoms with Crippen molar-refractivity contribution in [2.45, 2.75) is 26.1 Å². The van der Waals surface area contributed by atoms with Gasteiger partial charge in [0.2, 0.25) is 0 Å². The lowest BCUT2D eigenvalue weighted by Gasteiger charge is -2.35. The van der Waals surface area contributed by atoms with Crippen molar-refractivity contribution in [1.82, 2.24) is 4.90 Å². The summed E-state index contributed by atoms with van der Waals surface area (Å²) in [6.45, 7) is 5.23. The van der Waals surface area contributed by atoms with Crippen LogP contribution in [0.5, 0.6) is 0 Å². The molecule has 0 N–H and O–H groups in total. The van der Waals surface area contributed by atoms with Crippen molar-refractivity contribution >= 4 is 40.1 Å². The molecule has 2 rings (SSSR count). The molecule has 98 valence electrons. The number of amides is 1. The van der Waals surface area contributed by atoms with Gasteiger partial charge in [0.25, 0.3) is 5.91 Å². The summed E-state index contributed by atoms with van der Waals surface area (Å²) in [6.07, 6.45) is 0.161. The molecular weight excluding hydrogens is 365 g/mol. The maximum absolute atomic E-state index is 12.4. The van der Waals surface area contributed by atoms with Gasteiger partial charge in [0, 0.05) is 22.2 Å². The van der Waals surface area contributed by atoms with E-state index in [2.05, 4.69) is 22.6 Å². The average Bonchev–Trinajstić information content (AvgIpc) is 2.30. The van der Waals surface area contributed by atoms with Crippen LogP contribution in [0.25, 0.3) is 0 Å². The third-order valence-corrected chi connectivity index (χ3v) is 4.45. The zero-order chi connectivity index (χ0) is 13.3. The molecule has 1 fully saturated rings. The van der Waals surface area contributed by atoms with Crippen molar-refractivity contribution in [3.63, 3.8) is 0 Å². The van der Waals surface area contributed by atoms with Crippen LogP contribution in [0.3, 0.4) is 0 Å². The van der Waals surface area contributed by atoms with E-state index >= 15 is 0 Å². The molecule has 1 amide bonds. The fourth-order valence-electron chi connectivity index (χ4n) is 2.16. The quantitative estimate of drug-likeness (QED) is 0.701. The summed E-state index contributed by atoms with van der Waals surface area (Å²) in [5.41, 5.74) is 0.640. The van der Waals surface area contributed by atoms with Crippen LogP contribution >= 0.6 is 34.2 Å². The zero-order valence-electron chi connectivity index (χ0n) is 10.3. The first-order chi connectivity index (χ1) is 8.47. The van der Waals surface area contributed by atoms with Crippen molar-refractivity contribution in [3.8, 4) is 0 Å². The Bertz CT molecular complexity index is 456. The van der Waals surface area contributed by atoms with Gasteiger partial charge in [0.1, 0.15) is 0 Å². The first-order valence-electron chi connectivity index (χ1n) is 5.87. The lowest BCUT2D eigenvalue weighted by Crippen LogP contribution is -2.48. The van der Waals surface area contributed by atoms with Crippen molar-refractivity contribution in [2.24, 2.45) is 0 Å². The Morgan fingerprint density at radius 3 is 2.56 bits per heavy atom. The van der Waals surface area contributed by atoms with Crippen LogP contribution in [0.2, 0.25) is 5.02 Å². The molecule has 1 aromatic rings. The van der Waals surface area contributed by atoms with E-state index in [-0.39, 0.29) is 18.1 Å². The summed E-state index contributed by atoms with van der Waals surface area (Å²) in [6, 6.07) is 5.42. The lowest BCUT2D eigenvalue weighted by molar-refractivity contribution is -0.0586.